The van der Waals surface area contributed by atoms with Crippen LogP contribution in [0.4, 0.5) is 15.9 Å². The molecule has 0 N–H and O–H groups in total. The van der Waals surface area contributed by atoms with Gasteiger partial charge in [-0.1, -0.05) is 43.3 Å². The highest BCUT2D eigenvalue weighted by molar-refractivity contribution is 5.97. The molecule has 1 amide bonds. The molecule has 0 bridgehead atoms. The van der Waals surface area contributed by atoms with E-state index in [1.807, 2.05) is 0 Å². The van der Waals surface area contributed by atoms with E-state index >= 15 is 0 Å². The Balaban J connectivity index is 1.28. The van der Waals surface area contributed by atoms with Gasteiger partial charge in [0.05, 0.1) is 30.8 Å². The van der Waals surface area contributed by atoms with E-state index in [2.05, 4.69) is 77.7 Å². The van der Waals surface area contributed by atoms with Gasteiger partial charge in [-0.2, -0.15) is 15.2 Å². The quantitative estimate of drug-likeness (QED) is 0.295. The number of fused-ring (bicyclic) bond motifs is 2. The third kappa shape index (κ3) is 6.59. The summed E-state index contributed by atoms with van der Waals surface area (Å²) in [7, 11) is 2.13. The summed E-state index contributed by atoms with van der Waals surface area (Å²) < 4.78 is 20.0. The number of rotatable bonds is 10. The normalized spacial score (nSPS) is 18.5. The van der Waals surface area contributed by atoms with Crippen molar-refractivity contribution in [3.63, 3.8) is 0 Å². The van der Waals surface area contributed by atoms with Gasteiger partial charge in [-0.25, -0.2) is 4.39 Å². The first-order valence-corrected chi connectivity index (χ1v) is 16.0. The summed E-state index contributed by atoms with van der Waals surface area (Å²) in [4.78, 5) is 30.7. The molecule has 3 aromatic rings. The zero-order chi connectivity index (χ0) is 31.5. The summed E-state index contributed by atoms with van der Waals surface area (Å²) in [6.07, 6.45) is 4.77. The minimum Gasteiger partial charge on any atom is -0.462 e. The average molecular weight is 612 g/mol. The molecule has 9 nitrogen and oxygen atoms in total. The van der Waals surface area contributed by atoms with E-state index in [0.717, 1.165) is 49.0 Å². The molecule has 3 heterocycles. The number of nitrogens with zero attached hydrogens (tertiary/aromatic N) is 7. The molecule has 2 aromatic carbocycles. The fourth-order valence-electron chi connectivity index (χ4n) is 6.94. The predicted octanol–water partition coefficient (Wildman–Crippen LogP) is 5.03. The molecule has 2 fully saturated rings. The third-order valence-corrected chi connectivity index (χ3v) is 9.56. The van der Waals surface area contributed by atoms with Gasteiger partial charge < -0.3 is 24.3 Å². The Morgan fingerprint density at radius 3 is 2.69 bits per heavy atom. The number of nitriles is 1. The van der Waals surface area contributed by atoms with Gasteiger partial charge in [-0.05, 0) is 56.2 Å². The number of piperazine rings is 1. The van der Waals surface area contributed by atoms with Crippen LogP contribution in [0.1, 0.15) is 42.5 Å². The zero-order valence-corrected chi connectivity index (χ0v) is 26.3. The average Bonchev–Trinajstić information content (AvgIpc) is 3.02. The molecule has 3 aliphatic rings. The van der Waals surface area contributed by atoms with Crippen molar-refractivity contribution in [2.45, 2.75) is 51.6 Å². The fourth-order valence-corrected chi connectivity index (χ4v) is 6.94. The summed E-state index contributed by atoms with van der Waals surface area (Å²) in [6.45, 7) is 10.2. The molecule has 0 spiro atoms. The largest absolute Gasteiger partial charge is 0.462 e. The lowest BCUT2D eigenvalue weighted by molar-refractivity contribution is -0.131. The molecule has 1 saturated carbocycles. The first-order chi connectivity index (χ1) is 21.8. The van der Waals surface area contributed by atoms with Crippen LogP contribution >= 0.6 is 0 Å². The topological polar surface area (TPSA) is 88.8 Å². The molecule has 1 aromatic heterocycles. The fraction of sp³-hybridized carbons (Fsp3) is 0.486. The second-order valence-corrected chi connectivity index (χ2v) is 12.6. The number of aryl methyl sites for hydroxylation is 1. The molecule has 2 aliphatic heterocycles. The van der Waals surface area contributed by atoms with Crippen LogP contribution in [0.3, 0.4) is 0 Å². The lowest BCUT2D eigenvalue weighted by atomic mass is 9.85. The van der Waals surface area contributed by atoms with Gasteiger partial charge in [0.15, 0.2) is 5.83 Å². The van der Waals surface area contributed by atoms with Gasteiger partial charge in [0, 0.05) is 55.9 Å². The van der Waals surface area contributed by atoms with Gasteiger partial charge in [-0.3, -0.25) is 4.79 Å². The highest BCUT2D eigenvalue weighted by Crippen LogP contribution is 2.36. The van der Waals surface area contributed by atoms with Crippen molar-refractivity contribution in [3.8, 4) is 12.1 Å². The molecule has 0 radical (unpaired) electrons. The number of anilines is 2. The minimum absolute atomic E-state index is 0.0910. The lowest BCUT2D eigenvalue weighted by Gasteiger charge is -2.42. The number of hydrogen-bond donors (Lipinski definition) is 0. The minimum atomic E-state index is -1.01. The van der Waals surface area contributed by atoms with Crippen molar-refractivity contribution in [1.29, 1.82) is 5.26 Å². The van der Waals surface area contributed by atoms with Gasteiger partial charge in [-0.15, -0.1) is 0 Å². The van der Waals surface area contributed by atoms with E-state index in [9.17, 15) is 14.4 Å². The molecule has 236 valence electrons. The Kier molecular flexibility index (Phi) is 9.17. The maximum absolute atomic E-state index is 13.8. The highest BCUT2D eigenvalue weighted by atomic mass is 19.1. The van der Waals surface area contributed by atoms with Crippen molar-refractivity contribution in [2.24, 2.45) is 5.92 Å². The number of benzene rings is 2. The van der Waals surface area contributed by atoms with Crippen LogP contribution in [-0.4, -0.2) is 84.6 Å². The van der Waals surface area contributed by atoms with Crippen molar-refractivity contribution >= 4 is 28.2 Å². The second kappa shape index (κ2) is 13.4. The first-order valence-electron chi connectivity index (χ1n) is 16.0. The van der Waals surface area contributed by atoms with Crippen molar-refractivity contribution in [2.75, 3.05) is 62.7 Å². The van der Waals surface area contributed by atoms with E-state index in [1.54, 1.807) is 0 Å². The molecular weight excluding hydrogens is 569 g/mol. The Bertz CT molecular complexity index is 1610. The summed E-state index contributed by atoms with van der Waals surface area (Å²) in [5.41, 5.74) is 4.40. The van der Waals surface area contributed by atoms with Crippen LogP contribution < -0.4 is 14.5 Å². The third-order valence-electron chi connectivity index (χ3n) is 9.56. The lowest BCUT2D eigenvalue weighted by Crippen LogP contribution is -2.55. The Morgan fingerprint density at radius 2 is 1.96 bits per heavy atom. The number of ether oxygens (including phenoxy) is 1. The molecule has 6 rings (SSSR count). The number of carbonyl (C=O) groups is 1. The molecule has 45 heavy (non-hydrogen) atoms. The Labute approximate surface area is 264 Å². The first kappa shape index (κ1) is 30.8. The van der Waals surface area contributed by atoms with E-state index < -0.39 is 17.8 Å². The number of hydrogen-bond acceptors (Lipinski definition) is 8. The van der Waals surface area contributed by atoms with E-state index in [4.69, 9.17) is 14.7 Å². The highest BCUT2D eigenvalue weighted by Gasteiger charge is 2.35. The molecule has 0 unspecified atom stereocenters. The van der Waals surface area contributed by atoms with Crippen molar-refractivity contribution in [3.05, 3.63) is 65.6 Å². The van der Waals surface area contributed by atoms with Crippen LogP contribution in [-0.2, 0) is 17.8 Å². The van der Waals surface area contributed by atoms with E-state index in [0.29, 0.717) is 32.3 Å². The number of carbonyl (C=O) groups excluding carboxylic acids is 1. The summed E-state index contributed by atoms with van der Waals surface area (Å²) >= 11 is 0. The van der Waals surface area contributed by atoms with Crippen LogP contribution in [0.25, 0.3) is 10.8 Å². The standard InChI is InChI=1S/C35H42FN7O2/c1-24-7-4-10-27-11-6-12-31(32(24)27)41-16-14-29-30(23-41)38-35(45-20-19-40(3)21-26-8-5-9-26)39-33(29)42-17-18-43(34(44)25(2)36)28(22-42)13-15-37/h4,6-7,10-12,26,28H,2,5,8-9,13-14,16-23H2,1,3H3/t28-/m0/s1. The van der Waals surface area contributed by atoms with Crippen LogP contribution in [0, 0.1) is 24.2 Å². The number of aromatic nitrogens is 2. The number of amides is 1. The van der Waals surface area contributed by atoms with Gasteiger partial charge in [0.1, 0.15) is 12.4 Å². The van der Waals surface area contributed by atoms with E-state index in [-0.39, 0.29) is 13.0 Å². The predicted molar refractivity (Wildman–Crippen MR) is 174 cm³/mol. The monoisotopic (exact) mass is 611 g/mol. The summed E-state index contributed by atoms with van der Waals surface area (Å²) in [5, 5.41) is 12.0. The maximum atomic E-state index is 13.8. The van der Waals surface area contributed by atoms with Crippen LogP contribution in [0.2, 0.25) is 0 Å². The van der Waals surface area contributed by atoms with Gasteiger partial charge >= 0.3 is 6.01 Å². The van der Waals surface area contributed by atoms with Crippen LogP contribution in [0.5, 0.6) is 6.01 Å². The molecule has 1 saturated heterocycles. The molecule has 1 atom stereocenters. The Morgan fingerprint density at radius 1 is 1.16 bits per heavy atom. The van der Waals surface area contributed by atoms with Crippen molar-refractivity contribution in [1.82, 2.24) is 19.8 Å². The smallest absolute Gasteiger partial charge is 0.318 e. The van der Waals surface area contributed by atoms with Gasteiger partial charge in [0.25, 0.3) is 5.91 Å². The number of halogens is 1. The molecular formula is C35H42FN7O2. The maximum Gasteiger partial charge on any atom is 0.318 e. The summed E-state index contributed by atoms with van der Waals surface area (Å²) in [6, 6.07) is 14.9. The van der Waals surface area contributed by atoms with E-state index in [1.165, 1.54) is 46.2 Å². The van der Waals surface area contributed by atoms with Crippen molar-refractivity contribution < 1.29 is 13.9 Å². The number of likely N-dealkylation sites (N-methyl/N-ethyl adjacent to an activating group) is 1. The Hall–Kier alpha value is -4.23. The SMILES string of the molecule is C=C(F)C(=O)N1CCN(c2nc(OCCN(C)CC3CCC3)nc3c2CCN(c2cccc4cccc(C)c24)C3)C[C@@H]1CC#N. The second-order valence-electron chi connectivity index (χ2n) is 12.6. The van der Waals surface area contributed by atoms with Gasteiger partial charge in [0.2, 0.25) is 0 Å². The molecule has 10 heteroatoms. The summed E-state index contributed by atoms with van der Waals surface area (Å²) in [5.74, 6) is -0.198. The zero-order valence-electron chi connectivity index (χ0n) is 26.3. The molecule has 1 aliphatic carbocycles. The van der Waals surface area contributed by atoms with Crippen LogP contribution in [0.15, 0.2) is 48.8 Å².